The monoisotopic (exact) mass is 404 g/mol. The van der Waals surface area contributed by atoms with Gasteiger partial charge in [-0.25, -0.2) is 4.79 Å². The lowest BCUT2D eigenvalue weighted by atomic mass is 9.66. The van der Waals surface area contributed by atoms with Crippen LogP contribution in [0.1, 0.15) is 63.9 Å². The third kappa shape index (κ3) is 3.64. The van der Waals surface area contributed by atoms with Crippen LogP contribution in [0.2, 0.25) is 0 Å². The summed E-state index contributed by atoms with van der Waals surface area (Å²) in [5, 5.41) is 13.8. The molecule has 3 atom stereocenters. The van der Waals surface area contributed by atoms with Gasteiger partial charge < -0.3 is 20.1 Å². The summed E-state index contributed by atoms with van der Waals surface area (Å²) in [5.74, 6) is -1.34. The number of esters is 1. The molecule has 1 fully saturated rings. The van der Waals surface area contributed by atoms with Crippen molar-refractivity contribution in [2.45, 2.75) is 71.2 Å². The van der Waals surface area contributed by atoms with E-state index in [0.29, 0.717) is 17.5 Å². The van der Waals surface area contributed by atoms with Crippen molar-refractivity contribution in [2.24, 2.45) is 5.92 Å². The molecule has 2 rings (SSSR count). The van der Waals surface area contributed by atoms with Gasteiger partial charge in [-0.15, -0.1) is 0 Å². The molecule has 7 nitrogen and oxygen atoms in total. The lowest BCUT2D eigenvalue weighted by molar-refractivity contribution is -0.221. The first-order chi connectivity index (χ1) is 13.4. The molecule has 1 aliphatic rings. The number of rotatable bonds is 7. The number of carbonyl (C=O) groups is 3. The summed E-state index contributed by atoms with van der Waals surface area (Å²) < 4.78 is 4.79. The summed E-state index contributed by atoms with van der Waals surface area (Å²) in [6, 6.07) is 5.50. The minimum absolute atomic E-state index is 0.0290. The zero-order valence-electron chi connectivity index (χ0n) is 18.3. The number of ether oxygens (including phenoxy) is 1. The van der Waals surface area contributed by atoms with Gasteiger partial charge in [0.15, 0.2) is 5.60 Å². The molecule has 1 aromatic carbocycles. The van der Waals surface area contributed by atoms with E-state index in [0.717, 1.165) is 0 Å². The van der Waals surface area contributed by atoms with Gasteiger partial charge in [-0.3, -0.25) is 9.59 Å². The normalized spacial score (nSPS) is 22.7. The Labute approximate surface area is 172 Å². The summed E-state index contributed by atoms with van der Waals surface area (Å²) in [6.07, 6.45) is 0.704. The standard InChI is InChI=1S/C22H32N2O5/c1-8-14(4)17(19(26)29-7)23-18(25)15-9-11-16(12-10-15)22(28)20(27)24(13(2)3)21(22,5)6/h9-14,17,28H,8H2,1-7H3,(H,23,25)/t14-,17-,22?/m0/s1. The number of benzene rings is 1. The van der Waals surface area contributed by atoms with E-state index in [1.54, 1.807) is 29.2 Å². The van der Waals surface area contributed by atoms with Gasteiger partial charge in [-0.1, -0.05) is 32.4 Å². The van der Waals surface area contributed by atoms with Gasteiger partial charge in [-0.2, -0.15) is 0 Å². The molecule has 7 heteroatoms. The number of likely N-dealkylation sites (tertiary alicyclic amines) is 1. The van der Waals surface area contributed by atoms with Gasteiger partial charge in [0, 0.05) is 11.6 Å². The van der Waals surface area contributed by atoms with Crippen molar-refractivity contribution in [1.29, 1.82) is 0 Å². The second-order valence-corrected chi connectivity index (χ2v) is 8.48. The lowest BCUT2D eigenvalue weighted by Gasteiger charge is -2.61. The molecule has 0 saturated carbocycles. The molecule has 1 aromatic rings. The zero-order chi connectivity index (χ0) is 22.1. The summed E-state index contributed by atoms with van der Waals surface area (Å²) in [7, 11) is 1.29. The Morgan fingerprint density at radius 2 is 1.72 bits per heavy atom. The molecule has 29 heavy (non-hydrogen) atoms. The molecule has 0 aliphatic carbocycles. The van der Waals surface area contributed by atoms with Gasteiger partial charge in [-0.05, 0) is 51.3 Å². The third-order valence-electron chi connectivity index (χ3n) is 6.05. The van der Waals surface area contributed by atoms with E-state index in [1.807, 2.05) is 41.5 Å². The Bertz CT molecular complexity index is 787. The quantitative estimate of drug-likeness (QED) is 0.537. The van der Waals surface area contributed by atoms with Crippen LogP contribution in [0.5, 0.6) is 0 Å². The first-order valence-electron chi connectivity index (χ1n) is 9.98. The van der Waals surface area contributed by atoms with Crippen molar-refractivity contribution in [1.82, 2.24) is 10.2 Å². The van der Waals surface area contributed by atoms with Crippen molar-refractivity contribution >= 4 is 17.8 Å². The van der Waals surface area contributed by atoms with Gasteiger partial charge in [0.1, 0.15) is 6.04 Å². The number of aliphatic hydroxyl groups is 1. The third-order valence-corrected chi connectivity index (χ3v) is 6.05. The van der Waals surface area contributed by atoms with Crippen molar-refractivity contribution in [3.05, 3.63) is 35.4 Å². The molecule has 0 radical (unpaired) electrons. The van der Waals surface area contributed by atoms with Crippen LogP contribution >= 0.6 is 0 Å². The van der Waals surface area contributed by atoms with Crippen LogP contribution in [0.4, 0.5) is 0 Å². The van der Waals surface area contributed by atoms with E-state index >= 15 is 0 Å². The molecule has 2 amide bonds. The molecule has 1 heterocycles. The highest BCUT2D eigenvalue weighted by Crippen LogP contribution is 2.49. The number of amides is 2. The highest BCUT2D eigenvalue weighted by atomic mass is 16.5. The van der Waals surface area contributed by atoms with Crippen LogP contribution in [-0.2, 0) is 19.9 Å². The van der Waals surface area contributed by atoms with E-state index < -0.39 is 29.1 Å². The Morgan fingerprint density at radius 3 is 2.14 bits per heavy atom. The molecule has 1 aliphatic heterocycles. The lowest BCUT2D eigenvalue weighted by Crippen LogP contribution is -2.79. The molecule has 0 bridgehead atoms. The summed E-state index contributed by atoms with van der Waals surface area (Å²) >= 11 is 0. The van der Waals surface area contributed by atoms with E-state index in [1.165, 1.54) is 7.11 Å². The number of hydrogen-bond acceptors (Lipinski definition) is 5. The zero-order valence-corrected chi connectivity index (χ0v) is 18.3. The SMILES string of the molecule is CC[C@H](C)[C@H](NC(=O)c1ccc(C2(O)C(=O)N(C(C)C)C2(C)C)cc1)C(=O)OC. The van der Waals surface area contributed by atoms with Crippen LogP contribution < -0.4 is 5.32 Å². The predicted molar refractivity (Wildman–Crippen MR) is 109 cm³/mol. The highest BCUT2D eigenvalue weighted by Gasteiger charge is 2.67. The van der Waals surface area contributed by atoms with Crippen LogP contribution in [0, 0.1) is 5.92 Å². The predicted octanol–water partition coefficient (Wildman–Crippen LogP) is 2.22. The van der Waals surface area contributed by atoms with Gasteiger partial charge >= 0.3 is 5.97 Å². The van der Waals surface area contributed by atoms with Crippen molar-refractivity contribution in [3.8, 4) is 0 Å². The van der Waals surface area contributed by atoms with Crippen LogP contribution in [0.25, 0.3) is 0 Å². The number of nitrogens with one attached hydrogen (secondary N) is 1. The first kappa shape index (κ1) is 22.9. The summed E-state index contributed by atoms with van der Waals surface area (Å²) in [4.78, 5) is 38.9. The number of β-lactam (4-membered cyclic amide) rings is 1. The molecule has 0 spiro atoms. The maximum atomic E-state index is 12.7. The van der Waals surface area contributed by atoms with Crippen LogP contribution in [-0.4, -0.2) is 52.5 Å². The Morgan fingerprint density at radius 1 is 1.17 bits per heavy atom. The van der Waals surface area contributed by atoms with Gasteiger partial charge in [0.2, 0.25) is 0 Å². The Kier molecular flexibility index (Phi) is 6.42. The highest BCUT2D eigenvalue weighted by molar-refractivity contribution is 5.98. The molecule has 1 saturated heterocycles. The number of nitrogens with zero attached hydrogens (tertiary/aromatic N) is 1. The topological polar surface area (TPSA) is 95.9 Å². The molecule has 1 unspecified atom stereocenters. The fraction of sp³-hybridized carbons (Fsp3) is 0.591. The number of hydrogen-bond donors (Lipinski definition) is 2. The van der Waals surface area contributed by atoms with Crippen LogP contribution in [0.3, 0.4) is 0 Å². The van der Waals surface area contributed by atoms with Crippen molar-refractivity contribution in [2.75, 3.05) is 7.11 Å². The van der Waals surface area contributed by atoms with E-state index in [-0.39, 0.29) is 17.9 Å². The van der Waals surface area contributed by atoms with Crippen molar-refractivity contribution in [3.63, 3.8) is 0 Å². The Balaban J connectivity index is 2.23. The largest absolute Gasteiger partial charge is 0.467 e. The summed E-state index contributed by atoms with van der Waals surface area (Å²) in [6.45, 7) is 11.2. The average Bonchev–Trinajstić information content (AvgIpc) is 2.69. The maximum absolute atomic E-state index is 12.7. The molecule has 0 aromatic heterocycles. The molecule has 160 valence electrons. The summed E-state index contributed by atoms with van der Waals surface area (Å²) in [5.41, 5.74) is -1.64. The number of methoxy groups -OCH3 is 1. The molecular formula is C22H32N2O5. The number of carbonyl (C=O) groups excluding carboxylic acids is 3. The fourth-order valence-electron chi connectivity index (χ4n) is 4.05. The van der Waals surface area contributed by atoms with E-state index in [4.69, 9.17) is 4.74 Å². The van der Waals surface area contributed by atoms with Gasteiger partial charge in [0.05, 0.1) is 12.6 Å². The Hall–Kier alpha value is -2.41. The molecular weight excluding hydrogens is 372 g/mol. The minimum Gasteiger partial charge on any atom is -0.467 e. The minimum atomic E-state index is -1.64. The maximum Gasteiger partial charge on any atom is 0.328 e. The fourth-order valence-corrected chi connectivity index (χ4v) is 4.05. The van der Waals surface area contributed by atoms with E-state index in [2.05, 4.69) is 5.32 Å². The van der Waals surface area contributed by atoms with E-state index in [9.17, 15) is 19.5 Å². The van der Waals surface area contributed by atoms with Crippen molar-refractivity contribution < 1.29 is 24.2 Å². The second kappa shape index (κ2) is 8.14. The molecule has 2 N–H and O–H groups in total. The second-order valence-electron chi connectivity index (χ2n) is 8.48. The van der Waals surface area contributed by atoms with Crippen LogP contribution in [0.15, 0.2) is 24.3 Å². The smallest absolute Gasteiger partial charge is 0.328 e. The van der Waals surface area contributed by atoms with Gasteiger partial charge in [0.25, 0.3) is 11.8 Å². The first-order valence-corrected chi connectivity index (χ1v) is 9.98. The average molecular weight is 405 g/mol.